The fourth-order valence-electron chi connectivity index (χ4n) is 1.41. The Morgan fingerprint density at radius 2 is 2.14 bits per heavy atom. The van der Waals surface area contributed by atoms with E-state index >= 15 is 0 Å². The molecular weight excluding hydrogens is 180 g/mol. The molecule has 0 aliphatic carbocycles. The van der Waals surface area contributed by atoms with E-state index < -0.39 is 6.10 Å². The van der Waals surface area contributed by atoms with E-state index in [1.165, 1.54) is 0 Å². The average Bonchev–Trinajstić information content (AvgIpc) is 2.99. The largest absolute Gasteiger partial charge is 0.464 e. The van der Waals surface area contributed by atoms with Gasteiger partial charge < -0.3 is 9.47 Å². The summed E-state index contributed by atoms with van der Waals surface area (Å²) in [7, 11) is 0. The molecule has 74 valence electrons. The Labute approximate surface area is 82.6 Å². The lowest BCUT2D eigenvalue weighted by Gasteiger charge is -1.96. The molecule has 2 rings (SSSR count). The van der Waals surface area contributed by atoms with Crippen LogP contribution in [0, 0.1) is 0 Å². The molecule has 3 heteroatoms. The number of benzene rings is 1. The van der Waals surface area contributed by atoms with Gasteiger partial charge in [0.15, 0.2) is 6.10 Å². The van der Waals surface area contributed by atoms with Gasteiger partial charge in [-0.05, 0) is 12.5 Å². The molecule has 1 aromatic carbocycles. The molecule has 0 aromatic heterocycles. The maximum absolute atomic E-state index is 11.2. The molecule has 1 aliphatic rings. The highest BCUT2D eigenvalue weighted by atomic mass is 16.6. The molecule has 0 amide bonds. The Bertz CT molecular complexity index is 321. The Kier molecular flexibility index (Phi) is 2.50. The quantitative estimate of drug-likeness (QED) is 0.540. The minimum atomic E-state index is -0.391. The maximum atomic E-state index is 11.2. The molecule has 0 bridgehead atoms. The van der Waals surface area contributed by atoms with Crippen LogP contribution in [0.1, 0.15) is 18.6 Å². The summed E-state index contributed by atoms with van der Waals surface area (Å²) in [4.78, 5) is 11.2. The van der Waals surface area contributed by atoms with Gasteiger partial charge in [0.25, 0.3) is 0 Å². The number of epoxide rings is 1. The molecule has 0 radical (unpaired) electrons. The van der Waals surface area contributed by atoms with E-state index in [0.29, 0.717) is 6.61 Å². The van der Waals surface area contributed by atoms with Gasteiger partial charge in [-0.3, -0.25) is 0 Å². The predicted octanol–water partition coefficient (Wildman–Crippen LogP) is 1.69. The Balaban J connectivity index is 1.96. The molecule has 1 aromatic rings. The normalized spacial score (nSPS) is 24.4. The molecule has 3 nitrogen and oxygen atoms in total. The van der Waals surface area contributed by atoms with Crippen LogP contribution < -0.4 is 0 Å². The van der Waals surface area contributed by atoms with Crippen LogP contribution in [0.25, 0.3) is 0 Å². The number of hydrogen-bond donors (Lipinski definition) is 0. The van der Waals surface area contributed by atoms with Crippen LogP contribution in [-0.4, -0.2) is 18.7 Å². The first-order valence-electron chi connectivity index (χ1n) is 4.70. The van der Waals surface area contributed by atoms with Gasteiger partial charge in [-0.25, -0.2) is 4.79 Å². The minimum absolute atomic E-state index is 0.102. The second kappa shape index (κ2) is 3.80. The molecular formula is C11H12O3. The van der Waals surface area contributed by atoms with Crippen LogP contribution in [0.5, 0.6) is 0 Å². The van der Waals surface area contributed by atoms with Crippen LogP contribution in [0.3, 0.4) is 0 Å². The van der Waals surface area contributed by atoms with E-state index in [2.05, 4.69) is 0 Å². The fourth-order valence-corrected chi connectivity index (χ4v) is 1.41. The van der Waals surface area contributed by atoms with E-state index in [1.807, 2.05) is 30.3 Å². The number of carbonyl (C=O) groups is 1. The second-order valence-electron chi connectivity index (χ2n) is 3.14. The smallest absolute Gasteiger partial charge is 0.338 e. The number of carbonyl (C=O) groups excluding carboxylic acids is 1. The van der Waals surface area contributed by atoms with Crippen molar-refractivity contribution in [3.05, 3.63) is 35.9 Å². The summed E-state index contributed by atoms with van der Waals surface area (Å²) in [5, 5.41) is 0. The van der Waals surface area contributed by atoms with E-state index in [9.17, 15) is 4.79 Å². The van der Waals surface area contributed by atoms with E-state index in [1.54, 1.807) is 6.92 Å². The second-order valence-corrected chi connectivity index (χ2v) is 3.14. The van der Waals surface area contributed by atoms with Crippen molar-refractivity contribution in [3.8, 4) is 0 Å². The molecule has 0 spiro atoms. The van der Waals surface area contributed by atoms with Crippen molar-refractivity contribution in [2.45, 2.75) is 19.1 Å². The monoisotopic (exact) mass is 192 g/mol. The summed E-state index contributed by atoms with van der Waals surface area (Å²) >= 11 is 0. The summed E-state index contributed by atoms with van der Waals surface area (Å²) in [6.07, 6.45) is -0.493. The van der Waals surface area contributed by atoms with Crippen molar-refractivity contribution in [2.24, 2.45) is 0 Å². The number of ether oxygens (including phenoxy) is 2. The van der Waals surface area contributed by atoms with Gasteiger partial charge in [0.2, 0.25) is 0 Å². The van der Waals surface area contributed by atoms with Gasteiger partial charge >= 0.3 is 5.97 Å². The van der Waals surface area contributed by atoms with Gasteiger partial charge in [-0.1, -0.05) is 30.3 Å². The Morgan fingerprint density at radius 1 is 1.43 bits per heavy atom. The maximum Gasteiger partial charge on any atom is 0.338 e. The lowest BCUT2D eigenvalue weighted by molar-refractivity contribution is -0.144. The van der Waals surface area contributed by atoms with Crippen molar-refractivity contribution in [3.63, 3.8) is 0 Å². The van der Waals surface area contributed by atoms with E-state index in [0.717, 1.165) is 5.56 Å². The zero-order chi connectivity index (χ0) is 9.97. The molecule has 14 heavy (non-hydrogen) atoms. The van der Waals surface area contributed by atoms with Crippen molar-refractivity contribution in [2.75, 3.05) is 6.61 Å². The first-order chi connectivity index (χ1) is 6.83. The molecule has 1 fully saturated rings. The highest BCUT2D eigenvalue weighted by Crippen LogP contribution is 2.39. The summed E-state index contributed by atoms with van der Waals surface area (Å²) in [6, 6.07) is 9.69. The number of hydrogen-bond acceptors (Lipinski definition) is 3. The van der Waals surface area contributed by atoms with Gasteiger partial charge in [0, 0.05) is 0 Å². The van der Waals surface area contributed by atoms with Crippen molar-refractivity contribution < 1.29 is 14.3 Å². The zero-order valence-electron chi connectivity index (χ0n) is 7.97. The van der Waals surface area contributed by atoms with Crippen LogP contribution in [0.2, 0.25) is 0 Å². The van der Waals surface area contributed by atoms with Crippen molar-refractivity contribution in [1.29, 1.82) is 0 Å². The van der Waals surface area contributed by atoms with Crippen LogP contribution >= 0.6 is 0 Å². The van der Waals surface area contributed by atoms with Gasteiger partial charge in [-0.15, -0.1) is 0 Å². The summed E-state index contributed by atoms with van der Waals surface area (Å²) in [6.45, 7) is 2.19. The molecule has 0 saturated carbocycles. The molecule has 1 saturated heterocycles. The minimum Gasteiger partial charge on any atom is -0.464 e. The van der Waals surface area contributed by atoms with E-state index in [-0.39, 0.29) is 12.1 Å². The average molecular weight is 192 g/mol. The highest BCUT2D eigenvalue weighted by Gasteiger charge is 2.47. The SMILES string of the molecule is CCOC(=O)C1O[C@H]1c1ccccc1. The standard InChI is InChI=1S/C11H12O3/c1-2-13-11(12)10-9(14-10)8-6-4-3-5-7-8/h3-7,9-10H,2H2,1H3/t9-,10?/m0/s1. The first-order valence-corrected chi connectivity index (χ1v) is 4.70. The van der Waals surface area contributed by atoms with Gasteiger partial charge in [0.05, 0.1) is 6.61 Å². The summed E-state index contributed by atoms with van der Waals surface area (Å²) in [5.74, 6) is -0.263. The molecule has 2 atom stereocenters. The van der Waals surface area contributed by atoms with Crippen molar-refractivity contribution in [1.82, 2.24) is 0 Å². The number of rotatable bonds is 3. The van der Waals surface area contributed by atoms with E-state index in [4.69, 9.17) is 9.47 Å². The van der Waals surface area contributed by atoms with Crippen LogP contribution in [0.15, 0.2) is 30.3 Å². The van der Waals surface area contributed by atoms with Gasteiger partial charge in [0.1, 0.15) is 6.10 Å². The molecule has 1 unspecified atom stereocenters. The third-order valence-corrected chi connectivity index (χ3v) is 2.14. The summed E-state index contributed by atoms with van der Waals surface area (Å²) in [5.41, 5.74) is 1.03. The summed E-state index contributed by atoms with van der Waals surface area (Å²) < 4.78 is 10.1. The van der Waals surface area contributed by atoms with Gasteiger partial charge in [-0.2, -0.15) is 0 Å². The topological polar surface area (TPSA) is 38.8 Å². The van der Waals surface area contributed by atoms with Crippen LogP contribution in [-0.2, 0) is 14.3 Å². The Hall–Kier alpha value is -1.35. The lowest BCUT2D eigenvalue weighted by atomic mass is 10.1. The zero-order valence-corrected chi connectivity index (χ0v) is 7.97. The van der Waals surface area contributed by atoms with Crippen LogP contribution in [0.4, 0.5) is 0 Å². The fraction of sp³-hybridized carbons (Fsp3) is 0.364. The predicted molar refractivity (Wildman–Crippen MR) is 50.7 cm³/mol. The third kappa shape index (κ3) is 1.77. The molecule has 0 N–H and O–H groups in total. The molecule has 1 aliphatic heterocycles. The Morgan fingerprint density at radius 3 is 2.79 bits per heavy atom. The highest BCUT2D eigenvalue weighted by molar-refractivity contribution is 5.78. The van der Waals surface area contributed by atoms with Crippen molar-refractivity contribution >= 4 is 5.97 Å². The first kappa shape index (κ1) is 9.21. The lowest BCUT2D eigenvalue weighted by Crippen LogP contribution is -2.11. The molecule has 1 heterocycles. The third-order valence-electron chi connectivity index (χ3n) is 2.14. The number of esters is 1.